The van der Waals surface area contributed by atoms with Crippen molar-refractivity contribution in [3.05, 3.63) is 0 Å². The van der Waals surface area contributed by atoms with E-state index in [4.69, 9.17) is 5.73 Å². The van der Waals surface area contributed by atoms with Crippen molar-refractivity contribution < 1.29 is 9.59 Å². The van der Waals surface area contributed by atoms with Crippen LogP contribution >= 0.6 is 0 Å². The lowest BCUT2D eigenvalue weighted by molar-refractivity contribution is -0.137. The highest BCUT2D eigenvalue weighted by atomic mass is 16.2. The quantitative estimate of drug-likeness (QED) is 0.749. The molecule has 0 radical (unpaired) electrons. The summed E-state index contributed by atoms with van der Waals surface area (Å²) in [5, 5.41) is 2.67. The van der Waals surface area contributed by atoms with E-state index in [9.17, 15) is 9.59 Å². The number of carbonyl (C=O) groups excluding carboxylic acids is 2. The number of rotatable bonds is 3. The molecule has 2 unspecified atom stereocenters. The fraction of sp³-hybridized carbons (Fsp3) is 0.846. The van der Waals surface area contributed by atoms with Crippen LogP contribution in [0.2, 0.25) is 0 Å². The van der Waals surface area contributed by atoms with Crippen LogP contribution in [0.25, 0.3) is 0 Å². The van der Waals surface area contributed by atoms with Crippen molar-refractivity contribution in [1.29, 1.82) is 0 Å². The molecule has 2 rings (SSSR count). The number of hydrogen-bond acceptors (Lipinski definition) is 3. The highest BCUT2D eigenvalue weighted by Gasteiger charge is 2.49. The van der Waals surface area contributed by atoms with Crippen molar-refractivity contribution >= 4 is 11.8 Å². The molecule has 2 aliphatic rings. The summed E-state index contributed by atoms with van der Waals surface area (Å²) in [6.07, 6.45) is 2.79. The number of nitrogens with one attached hydrogen (secondary N) is 1. The van der Waals surface area contributed by atoms with Gasteiger partial charge in [0.2, 0.25) is 11.8 Å². The van der Waals surface area contributed by atoms with Gasteiger partial charge in [0.1, 0.15) is 0 Å². The lowest BCUT2D eigenvalue weighted by Crippen LogP contribution is -2.55. The molecule has 5 heteroatoms. The average Bonchev–Trinajstić information content (AvgIpc) is 3.12. The fourth-order valence-corrected chi connectivity index (χ4v) is 2.82. The average molecular weight is 253 g/mol. The summed E-state index contributed by atoms with van der Waals surface area (Å²) < 4.78 is 0. The molecule has 1 saturated carbocycles. The van der Waals surface area contributed by atoms with Crippen LogP contribution in [-0.4, -0.2) is 42.4 Å². The number of likely N-dealkylation sites (tertiary alicyclic amines) is 1. The summed E-state index contributed by atoms with van der Waals surface area (Å²) in [7, 11) is 1.63. The van der Waals surface area contributed by atoms with Crippen molar-refractivity contribution in [1.82, 2.24) is 10.2 Å². The maximum Gasteiger partial charge on any atom is 0.242 e. The van der Waals surface area contributed by atoms with Gasteiger partial charge in [0.15, 0.2) is 0 Å². The van der Waals surface area contributed by atoms with Crippen LogP contribution in [0.3, 0.4) is 0 Å². The maximum atomic E-state index is 12.4. The first-order valence-electron chi connectivity index (χ1n) is 6.62. The molecule has 1 heterocycles. The minimum absolute atomic E-state index is 0.00220. The third-order valence-electron chi connectivity index (χ3n) is 4.42. The molecule has 0 aromatic heterocycles. The summed E-state index contributed by atoms with van der Waals surface area (Å²) in [4.78, 5) is 26.0. The van der Waals surface area contributed by atoms with E-state index in [0.717, 1.165) is 12.8 Å². The summed E-state index contributed by atoms with van der Waals surface area (Å²) in [6.45, 7) is 4.83. The van der Waals surface area contributed by atoms with E-state index in [1.165, 1.54) is 0 Å². The van der Waals surface area contributed by atoms with Gasteiger partial charge >= 0.3 is 0 Å². The third-order valence-corrected chi connectivity index (χ3v) is 4.42. The van der Waals surface area contributed by atoms with Gasteiger partial charge in [-0.3, -0.25) is 9.59 Å². The smallest absolute Gasteiger partial charge is 0.242 e. The Bertz CT molecular complexity index is 376. The Kier molecular flexibility index (Phi) is 3.13. The van der Waals surface area contributed by atoms with Crippen LogP contribution in [-0.2, 0) is 9.59 Å². The highest BCUT2D eigenvalue weighted by Crippen LogP contribution is 2.40. The molecule has 18 heavy (non-hydrogen) atoms. The summed E-state index contributed by atoms with van der Waals surface area (Å²) in [5.41, 5.74) is 4.93. The van der Waals surface area contributed by atoms with Crippen LogP contribution < -0.4 is 11.1 Å². The molecule has 1 aliphatic heterocycles. The van der Waals surface area contributed by atoms with E-state index >= 15 is 0 Å². The first-order chi connectivity index (χ1) is 8.31. The second kappa shape index (κ2) is 4.23. The lowest BCUT2D eigenvalue weighted by Gasteiger charge is -2.30. The van der Waals surface area contributed by atoms with Gasteiger partial charge in [0.05, 0.1) is 11.0 Å². The van der Waals surface area contributed by atoms with Crippen LogP contribution in [0.15, 0.2) is 0 Å². The Morgan fingerprint density at radius 2 is 2.06 bits per heavy atom. The van der Waals surface area contributed by atoms with E-state index in [-0.39, 0.29) is 11.8 Å². The molecule has 102 valence electrons. The van der Waals surface area contributed by atoms with Gasteiger partial charge in [0.25, 0.3) is 0 Å². The molecule has 0 bridgehead atoms. The van der Waals surface area contributed by atoms with Gasteiger partial charge in [0, 0.05) is 20.1 Å². The summed E-state index contributed by atoms with van der Waals surface area (Å²) in [5.74, 6) is 0.317. The molecule has 2 atom stereocenters. The lowest BCUT2D eigenvalue weighted by atomic mass is 9.88. The fourth-order valence-electron chi connectivity index (χ4n) is 2.82. The number of hydrogen-bond donors (Lipinski definition) is 2. The van der Waals surface area contributed by atoms with Gasteiger partial charge < -0.3 is 16.0 Å². The Balaban J connectivity index is 2.04. The minimum atomic E-state index is -0.756. The molecule has 2 amide bonds. The van der Waals surface area contributed by atoms with Crippen LogP contribution in [0, 0.1) is 11.3 Å². The molecule has 0 aromatic carbocycles. The summed E-state index contributed by atoms with van der Waals surface area (Å²) >= 11 is 0. The number of nitrogens with zero attached hydrogens (tertiary/aromatic N) is 1. The predicted molar refractivity (Wildman–Crippen MR) is 68.7 cm³/mol. The molecule has 1 saturated heterocycles. The van der Waals surface area contributed by atoms with Gasteiger partial charge in [-0.05, 0) is 39.0 Å². The predicted octanol–water partition coefficient (Wildman–Crippen LogP) is 0.0984. The minimum Gasteiger partial charge on any atom is -0.359 e. The zero-order valence-corrected chi connectivity index (χ0v) is 11.5. The number of nitrogens with two attached hydrogens (primary N) is 1. The van der Waals surface area contributed by atoms with E-state index in [1.807, 2.05) is 13.8 Å². The number of carbonyl (C=O) groups is 2. The van der Waals surface area contributed by atoms with E-state index in [2.05, 4.69) is 5.32 Å². The Morgan fingerprint density at radius 1 is 1.44 bits per heavy atom. The number of amides is 2. The second-order valence-corrected chi connectivity index (χ2v) is 6.17. The maximum absolute atomic E-state index is 12.4. The van der Waals surface area contributed by atoms with Crippen molar-refractivity contribution in [2.75, 3.05) is 20.1 Å². The first-order valence-corrected chi connectivity index (χ1v) is 6.62. The van der Waals surface area contributed by atoms with Gasteiger partial charge in [-0.2, -0.15) is 0 Å². The first kappa shape index (κ1) is 13.3. The third kappa shape index (κ3) is 2.11. The Hall–Kier alpha value is -1.10. The Morgan fingerprint density at radius 3 is 2.56 bits per heavy atom. The standard InChI is InChI=1S/C13H23N3O2/c1-12(10(17)15-3)6-7-16(8-12)11(18)13(2,14)9-4-5-9/h9H,4-8,14H2,1-3H3,(H,15,17). The topological polar surface area (TPSA) is 75.4 Å². The van der Waals surface area contributed by atoms with Gasteiger partial charge in [-0.15, -0.1) is 0 Å². The molecule has 5 nitrogen and oxygen atoms in total. The molecule has 1 aliphatic carbocycles. The van der Waals surface area contributed by atoms with Crippen LogP contribution in [0.1, 0.15) is 33.1 Å². The van der Waals surface area contributed by atoms with Crippen molar-refractivity contribution in [3.8, 4) is 0 Å². The van der Waals surface area contributed by atoms with E-state index < -0.39 is 11.0 Å². The monoisotopic (exact) mass is 253 g/mol. The van der Waals surface area contributed by atoms with Crippen LogP contribution in [0.5, 0.6) is 0 Å². The molecule has 0 spiro atoms. The van der Waals surface area contributed by atoms with Gasteiger partial charge in [-0.1, -0.05) is 0 Å². The molecular weight excluding hydrogens is 230 g/mol. The normalized spacial score (nSPS) is 31.0. The van der Waals surface area contributed by atoms with Gasteiger partial charge in [-0.25, -0.2) is 0 Å². The largest absolute Gasteiger partial charge is 0.359 e. The van der Waals surface area contributed by atoms with E-state index in [1.54, 1.807) is 11.9 Å². The molecular formula is C13H23N3O2. The summed E-state index contributed by atoms with van der Waals surface area (Å²) in [6, 6.07) is 0. The SMILES string of the molecule is CNC(=O)C1(C)CCN(C(=O)C(C)(N)C2CC2)C1. The molecule has 2 fully saturated rings. The van der Waals surface area contributed by atoms with Crippen molar-refractivity contribution in [2.24, 2.45) is 17.1 Å². The zero-order valence-electron chi connectivity index (χ0n) is 11.5. The molecule has 0 aromatic rings. The van der Waals surface area contributed by atoms with Crippen molar-refractivity contribution in [2.45, 2.75) is 38.6 Å². The highest BCUT2D eigenvalue weighted by molar-refractivity contribution is 5.89. The Labute approximate surface area is 108 Å². The second-order valence-electron chi connectivity index (χ2n) is 6.17. The zero-order chi connectivity index (χ0) is 13.6. The van der Waals surface area contributed by atoms with Crippen molar-refractivity contribution in [3.63, 3.8) is 0 Å². The molecule has 3 N–H and O–H groups in total. The van der Waals surface area contributed by atoms with Crippen LogP contribution in [0.4, 0.5) is 0 Å². The van der Waals surface area contributed by atoms with E-state index in [0.29, 0.717) is 25.4 Å².